The number of aliphatic hydroxyl groups excluding tert-OH is 2. The van der Waals surface area contributed by atoms with Gasteiger partial charge in [-0.25, -0.2) is 0 Å². The van der Waals surface area contributed by atoms with E-state index in [1.165, 1.54) is 5.57 Å². The lowest BCUT2D eigenvalue weighted by Crippen LogP contribution is -2.17. The molecule has 0 spiro atoms. The van der Waals surface area contributed by atoms with Crippen LogP contribution in [0.4, 0.5) is 0 Å². The molecule has 3 heteroatoms. The van der Waals surface area contributed by atoms with Crippen molar-refractivity contribution >= 4 is 0 Å². The Bertz CT molecular complexity index is 377. The van der Waals surface area contributed by atoms with Crippen LogP contribution in [-0.2, 0) is 4.74 Å². The number of ether oxygens (including phenoxy) is 1. The summed E-state index contributed by atoms with van der Waals surface area (Å²) in [4.78, 5) is 0. The van der Waals surface area contributed by atoms with Crippen LogP contribution >= 0.6 is 0 Å². The zero-order valence-electron chi connectivity index (χ0n) is 12.3. The Balaban J connectivity index is 2.56. The molecule has 0 aromatic heterocycles. The number of rotatable bonds is 6. The topological polar surface area (TPSA) is 49.7 Å². The van der Waals surface area contributed by atoms with Gasteiger partial charge in [-0.1, -0.05) is 25.5 Å². The second-order valence-corrected chi connectivity index (χ2v) is 5.09. The Morgan fingerprint density at radius 1 is 1.32 bits per heavy atom. The van der Waals surface area contributed by atoms with E-state index in [2.05, 4.69) is 26.8 Å². The highest BCUT2D eigenvalue weighted by Crippen LogP contribution is 2.24. The van der Waals surface area contributed by atoms with E-state index in [9.17, 15) is 10.2 Å². The van der Waals surface area contributed by atoms with Crippen LogP contribution in [0.3, 0.4) is 0 Å². The molecule has 0 radical (unpaired) electrons. The van der Waals surface area contributed by atoms with Crippen LogP contribution in [0.5, 0.6) is 0 Å². The lowest BCUT2D eigenvalue weighted by molar-refractivity contribution is 0.130. The summed E-state index contributed by atoms with van der Waals surface area (Å²) in [5, 5.41) is 19.2. The molecular formula is C16H26O3. The summed E-state index contributed by atoms with van der Waals surface area (Å²) in [5.74, 6) is 1.23. The van der Waals surface area contributed by atoms with Crippen molar-refractivity contribution in [3.05, 3.63) is 34.8 Å². The lowest BCUT2D eigenvalue weighted by Gasteiger charge is -2.21. The van der Waals surface area contributed by atoms with Gasteiger partial charge in [-0.2, -0.15) is 0 Å². The van der Waals surface area contributed by atoms with Crippen LogP contribution in [0.1, 0.15) is 52.9 Å². The van der Waals surface area contributed by atoms with Crippen molar-refractivity contribution < 1.29 is 14.9 Å². The Morgan fingerprint density at radius 3 is 2.63 bits per heavy atom. The van der Waals surface area contributed by atoms with E-state index in [0.29, 0.717) is 31.6 Å². The predicted molar refractivity (Wildman–Crippen MR) is 77.9 cm³/mol. The Kier molecular flexibility index (Phi) is 6.71. The van der Waals surface area contributed by atoms with E-state index < -0.39 is 6.10 Å². The van der Waals surface area contributed by atoms with Crippen molar-refractivity contribution in [3.63, 3.8) is 0 Å². The monoisotopic (exact) mass is 266 g/mol. The molecule has 0 aromatic rings. The van der Waals surface area contributed by atoms with Crippen LogP contribution in [0.2, 0.25) is 0 Å². The zero-order chi connectivity index (χ0) is 14.3. The van der Waals surface area contributed by atoms with E-state index in [-0.39, 0.29) is 0 Å². The van der Waals surface area contributed by atoms with Gasteiger partial charge in [0, 0.05) is 18.4 Å². The molecule has 1 aliphatic rings. The number of hydrogen-bond donors (Lipinski definition) is 2. The molecule has 0 saturated heterocycles. The second kappa shape index (κ2) is 8.05. The van der Waals surface area contributed by atoms with Crippen molar-refractivity contribution in [1.82, 2.24) is 0 Å². The first kappa shape index (κ1) is 15.8. The first-order valence-electron chi connectivity index (χ1n) is 7.13. The fourth-order valence-electron chi connectivity index (χ4n) is 1.91. The molecular weight excluding hydrogens is 240 g/mol. The third-order valence-corrected chi connectivity index (χ3v) is 3.51. The van der Waals surface area contributed by atoms with Crippen molar-refractivity contribution in [2.75, 3.05) is 6.61 Å². The molecule has 1 rings (SSSR count). The van der Waals surface area contributed by atoms with Gasteiger partial charge in [0.25, 0.3) is 0 Å². The number of allylic oxidation sites excluding steroid dienone is 4. The average molecular weight is 266 g/mol. The lowest BCUT2D eigenvalue weighted by atomic mass is 9.96. The summed E-state index contributed by atoms with van der Waals surface area (Å²) in [6.45, 7) is 6.71. The summed E-state index contributed by atoms with van der Waals surface area (Å²) >= 11 is 0. The zero-order valence-corrected chi connectivity index (χ0v) is 12.3. The highest BCUT2D eigenvalue weighted by molar-refractivity contribution is 5.16. The summed E-state index contributed by atoms with van der Waals surface area (Å²) in [5.41, 5.74) is 2.23. The molecule has 1 atom stereocenters. The third kappa shape index (κ3) is 5.52. The molecule has 0 aliphatic heterocycles. The molecule has 19 heavy (non-hydrogen) atoms. The van der Waals surface area contributed by atoms with E-state index in [1.807, 2.05) is 6.08 Å². The van der Waals surface area contributed by atoms with Gasteiger partial charge >= 0.3 is 0 Å². The molecule has 1 unspecified atom stereocenters. The first-order chi connectivity index (χ1) is 9.06. The second-order valence-electron chi connectivity index (χ2n) is 5.09. The quantitative estimate of drug-likeness (QED) is 0.564. The standard InChI is InChI=1S/C16H26O3/c1-4-12(3)6-9-15(5-2)19-11-13-7-8-14(17)10-16(13)18/h6,9,14,17-18H,4-5,7-8,10-11H2,1-3H3/b12-6+,15-9+. The summed E-state index contributed by atoms with van der Waals surface area (Å²) in [6.07, 6.45) is 7.35. The van der Waals surface area contributed by atoms with Crippen LogP contribution in [0.15, 0.2) is 34.8 Å². The maximum absolute atomic E-state index is 9.79. The number of aliphatic hydroxyl groups is 2. The Hall–Kier alpha value is -1.22. The van der Waals surface area contributed by atoms with Gasteiger partial charge in [-0.15, -0.1) is 0 Å². The van der Waals surface area contributed by atoms with Gasteiger partial charge in [0.15, 0.2) is 0 Å². The van der Waals surface area contributed by atoms with Crippen molar-refractivity contribution in [3.8, 4) is 0 Å². The van der Waals surface area contributed by atoms with E-state index in [4.69, 9.17) is 4.74 Å². The molecule has 3 nitrogen and oxygen atoms in total. The van der Waals surface area contributed by atoms with Crippen LogP contribution in [0, 0.1) is 0 Å². The minimum atomic E-state index is -0.403. The first-order valence-corrected chi connectivity index (χ1v) is 7.13. The third-order valence-electron chi connectivity index (χ3n) is 3.51. The highest BCUT2D eigenvalue weighted by Gasteiger charge is 2.18. The van der Waals surface area contributed by atoms with E-state index >= 15 is 0 Å². The summed E-state index contributed by atoms with van der Waals surface area (Å²) in [6, 6.07) is 0. The SMILES string of the molecule is CC/C(C)=C/C=C(\CC)OCC1=C(O)CC(O)CC1. The van der Waals surface area contributed by atoms with Crippen LogP contribution < -0.4 is 0 Å². The van der Waals surface area contributed by atoms with Gasteiger partial charge in [0.05, 0.1) is 17.6 Å². The Labute approximate surface area is 116 Å². The van der Waals surface area contributed by atoms with Crippen molar-refractivity contribution in [2.45, 2.75) is 59.0 Å². The molecule has 0 fully saturated rings. The van der Waals surface area contributed by atoms with Gasteiger partial charge in [-0.3, -0.25) is 0 Å². The molecule has 0 aromatic carbocycles. The van der Waals surface area contributed by atoms with Gasteiger partial charge in [0.1, 0.15) is 6.61 Å². The molecule has 2 N–H and O–H groups in total. The molecule has 108 valence electrons. The van der Waals surface area contributed by atoms with Gasteiger partial charge in [-0.05, 0) is 32.3 Å². The number of hydrogen-bond acceptors (Lipinski definition) is 3. The van der Waals surface area contributed by atoms with Gasteiger partial charge in [0.2, 0.25) is 0 Å². The predicted octanol–water partition coefficient (Wildman–Crippen LogP) is 4.01. The van der Waals surface area contributed by atoms with E-state index in [1.54, 1.807) is 0 Å². The molecule has 0 saturated carbocycles. The molecule has 0 amide bonds. The fourth-order valence-corrected chi connectivity index (χ4v) is 1.91. The normalized spacial score (nSPS) is 21.8. The van der Waals surface area contributed by atoms with E-state index in [0.717, 1.165) is 24.2 Å². The van der Waals surface area contributed by atoms with Crippen molar-refractivity contribution in [2.24, 2.45) is 0 Å². The fraction of sp³-hybridized carbons (Fsp3) is 0.625. The minimum absolute atomic E-state index is 0.300. The van der Waals surface area contributed by atoms with Crippen LogP contribution in [-0.4, -0.2) is 22.9 Å². The van der Waals surface area contributed by atoms with Crippen LogP contribution in [0.25, 0.3) is 0 Å². The van der Waals surface area contributed by atoms with Crippen molar-refractivity contribution in [1.29, 1.82) is 0 Å². The molecule has 1 aliphatic carbocycles. The maximum atomic E-state index is 9.79. The average Bonchev–Trinajstić information content (AvgIpc) is 2.40. The molecule has 0 bridgehead atoms. The largest absolute Gasteiger partial charge is 0.512 e. The summed E-state index contributed by atoms with van der Waals surface area (Å²) in [7, 11) is 0. The molecule has 0 heterocycles. The minimum Gasteiger partial charge on any atom is -0.512 e. The van der Waals surface area contributed by atoms with Gasteiger partial charge < -0.3 is 14.9 Å². The Morgan fingerprint density at radius 2 is 2.05 bits per heavy atom. The smallest absolute Gasteiger partial charge is 0.112 e. The maximum Gasteiger partial charge on any atom is 0.112 e. The summed E-state index contributed by atoms with van der Waals surface area (Å²) < 4.78 is 5.75. The highest BCUT2D eigenvalue weighted by atomic mass is 16.5.